The summed E-state index contributed by atoms with van der Waals surface area (Å²) in [5.74, 6) is 1.83. The van der Waals surface area contributed by atoms with Gasteiger partial charge in [-0.2, -0.15) is 0 Å². The molecule has 4 heteroatoms. The highest BCUT2D eigenvalue weighted by molar-refractivity contribution is 5.92. The van der Waals surface area contributed by atoms with Gasteiger partial charge in [-0.25, -0.2) is 0 Å². The van der Waals surface area contributed by atoms with Crippen LogP contribution < -0.4 is 19.4 Å². The van der Waals surface area contributed by atoms with Gasteiger partial charge in [-0.3, -0.25) is 0 Å². The molecule has 1 heterocycles. The van der Waals surface area contributed by atoms with Crippen LogP contribution in [0, 0.1) is 34.6 Å². The second-order valence-corrected chi connectivity index (χ2v) is 39.7. The van der Waals surface area contributed by atoms with Gasteiger partial charge >= 0.3 is 0 Å². The number of nitrogens with zero attached hydrogens (tertiary/aromatic N) is 3. The lowest BCUT2D eigenvalue weighted by atomic mass is 9.67. The molecule has 0 atom stereocenters. The number of aryl methyl sites for hydroxylation is 8. The molecular formula is C129H139N3O. The highest BCUT2D eigenvalue weighted by Crippen LogP contribution is 2.60. The van der Waals surface area contributed by atoms with Gasteiger partial charge in [0.2, 0.25) is 0 Å². The van der Waals surface area contributed by atoms with E-state index < -0.39 is 5.41 Å². The SMILES string of the molecule is CCCCCCCCC1(CCCCCCCC)c2cc(N(c3ccc(-c4ccc(CCCC)cc4)cc3)c3ccc(-c4ccc(CCCC)cc4)cc3)ccc2-c2ccc(N(c3ccc(-c4ccc(C(C)(C)C)cc4)cc3)c3ccc(C4(c5ccc(C)cc5)c5cc(C)ccc5-c5ccc(C)cc54)cc3)cc21.CCCCc1ccc(N2c3ccc(C)cc3Oc3cc(C)ccc32)cc1. The van der Waals surface area contributed by atoms with Crippen LogP contribution in [0.5, 0.6) is 11.5 Å². The van der Waals surface area contributed by atoms with Crippen molar-refractivity contribution >= 4 is 51.2 Å². The minimum atomic E-state index is -0.530. The third kappa shape index (κ3) is 20.0. The lowest BCUT2D eigenvalue weighted by molar-refractivity contribution is 0.398. The zero-order chi connectivity index (χ0) is 92.2. The van der Waals surface area contributed by atoms with Gasteiger partial charge in [0.25, 0.3) is 0 Å². The van der Waals surface area contributed by atoms with E-state index in [0.29, 0.717) is 0 Å². The Balaban J connectivity index is 0.000000404. The van der Waals surface area contributed by atoms with E-state index in [2.05, 4.69) is 432 Å². The Hall–Kier alpha value is -12.5. The summed E-state index contributed by atoms with van der Waals surface area (Å²) < 4.78 is 6.23. The van der Waals surface area contributed by atoms with E-state index in [9.17, 15) is 0 Å². The quantitative estimate of drug-likeness (QED) is 0.0369. The summed E-state index contributed by atoms with van der Waals surface area (Å²) in [6, 6.07) is 127. The summed E-state index contributed by atoms with van der Waals surface area (Å²) in [6.07, 6.45) is 27.9. The van der Waals surface area contributed by atoms with Gasteiger partial charge in [0.15, 0.2) is 11.5 Å². The van der Waals surface area contributed by atoms with Crippen molar-refractivity contribution in [1.29, 1.82) is 0 Å². The van der Waals surface area contributed by atoms with Crippen molar-refractivity contribution in [2.24, 2.45) is 0 Å². The van der Waals surface area contributed by atoms with Crippen molar-refractivity contribution in [2.75, 3.05) is 14.7 Å². The number of rotatable bonds is 35. The van der Waals surface area contributed by atoms with Crippen LogP contribution in [0.1, 0.15) is 267 Å². The van der Waals surface area contributed by atoms with E-state index in [1.807, 2.05) is 0 Å². The lowest BCUT2D eigenvalue weighted by Gasteiger charge is -2.36. The number of fused-ring (bicyclic) bond motifs is 8. The number of unbranched alkanes of at least 4 members (excludes halogenated alkanes) is 13. The standard InChI is InChI=1S/C105H114N2.C24H25NO/c1-11-15-19-21-23-25-69-104(70-26-24-22-20-16-12-2)99-73-93(106(89-55-43-83(44-56-89)80-37-33-78(34-38-80)27-17-13-3)90-57-45-84(46-58-90)81-39-35-79(36-40-81)28-18-14-4)63-67-95(99)96-68-64-94(74-100(96)104)107(91-59-47-85(48-60-91)82-41-51-86(52-42-82)103(8,9)10)92-61-53-88(54-62-92)105(87-49-29-75(5)30-50-87)101-71-76(6)31-65-97(101)98-66-32-77(7)72-102(98)105;1-4-5-6-19-9-11-20(12-10-19)25-21-13-7-17(2)15-23(21)26-24-16-18(3)8-14-22(24)25/h29-68,71-74H,11-28,69-70H2,1-10H3;7-16H,4-6H2,1-3H3. The molecule has 4 nitrogen and oxygen atoms in total. The third-order valence-corrected chi connectivity index (χ3v) is 28.9. The largest absolute Gasteiger partial charge is 0.453 e. The van der Waals surface area contributed by atoms with Crippen molar-refractivity contribution in [3.63, 3.8) is 0 Å². The third-order valence-electron chi connectivity index (χ3n) is 28.9. The Labute approximate surface area is 797 Å². The first kappa shape index (κ1) is 92.4. The molecule has 0 bridgehead atoms. The maximum absolute atomic E-state index is 6.23. The van der Waals surface area contributed by atoms with Gasteiger partial charge < -0.3 is 19.4 Å². The molecule has 676 valence electrons. The smallest absolute Gasteiger partial charge is 0.151 e. The van der Waals surface area contributed by atoms with Crippen LogP contribution in [0.25, 0.3) is 55.6 Å². The first-order valence-corrected chi connectivity index (χ1v) is 50.5. The summed E-state index contributed by atoms with van der Waals surface area (Å²) in [7, 11) is 0. The Bertz CT molecular complexity index is 6210. The molecule has 1 aliphatic heterocycles. The number of hydrogen-bond donors (Lipinski definition) is 0. The van der Waals surface area contributed by atoms with Crippen LogP contribution in [0.4, 0.5) is 51.2 Å². The van der Waals surface area contributed by atoms with E-state index in [-0.39, 0.29) is 10.8 Å². The van der Waals surface area contributed by atoms with Gasteiger partial charge in [-0.1, -0.05) is 387 Å². The van der Waals surface area contributed by atoms with E-state index in [4.69, 9.17) is 4.74 Å². The lowest BCUT2D eigenvalue weighted by Crippen LogP contribution is -2.29. The van der Waals surface area contributed by atoms with E-state index in [1.165, 1.54) is 272 Å². The molecule has 0 saturated carbocycles. The van der Waals surface area contributed by atoms with E-state index in [1.54, 1.807) is 0 Å². The molecule has 0 spiro atoms. The summed E-state index contributed by atoms with van der Waals surface area (Å²) in [5, 5.41) is 0. The van der Waals surface area contributed by atoms with Crippen molar-refractivity contribution in [3.05, 3.63) is 411 Å². The van der Waals surface area contributed by atoms with Crippen LogP contribution in [-0.2, 0) is 35.5 Å². The highest BCUT2D eigenvalue weighted by atomic mass is 16.5. The molecular weight excluding hydrogens is 1610 g/mol. The zero-order valence-corrected chi connectivity index (χ0v) is 81.7. The summed E-state index contributed by atoms with van der Waals surface area (Å²) in [5.41, 5.74) is 42.4. The maximum atomic E-state index is 6.23. The van der Waals surface area contributed by atoms with Gasteiger partial charge in [0.1, 0.15) is 0 Å². The van der Waals surface area contributed by atoms with Gasteiger partial charge in [0, 0.05) is 45.2 Å². The highest BCUT2D eigenvalue weighted by Gasteiger charge is 2.48. The topological polar surface area (TPSA) is 19.0 Å². The molecule has 0 aromatic heterocycles. The first-order chi connectivity index (χ1) is 64.9. The Kier molecular flexibility index (Phi) is 29.0. The fourth-order valence-electron chi connectivity index (χ4n) is 21.3. The molecule has 133 heavy (non-hydrogen) atoms. The molecule has 0 N–H and O–H groups in total. The molecule has 15 aromatic rings. The van der Waals surface area contributed by atoms with Crippen molar-refractivity contribution < 1.29 is 4.74 Å². The number of anilines is 9. The Morgan fingerprint density at radius 3 is 0.932 bits per heavy atom. The number of hydrogen-bond acceptors (Lipinski definition) is 4. The minimum Gasteiger partial charge on any atom is -0.453 e. The van der Waals surface area contributed by atoms with Crippen molar-refractivity contribution in [1.82, 2.24) is 0 Å². The van der Waals surface area contributed by atoms with Crippen molar-refractivity contribution in [2.45, 2.75) is 254 Å². The second-order valence-electron chi connectivity index (χ2n) is 39.7. The Morgan fingerprint density at radius 1 is 0.263 bits per heavy atom. The molecule has 0 saturated heterocycles. The molecule has 18 rings (SSSR count). The summed E-state index contributed by atoms with van der Waals surface area (Å²) in [6.45, 7) is 29.3. The molecule has 0 unspecified atom stereocenters. The fourth-order valence-corrected chi connectivity index (χ4v) is 21.3. The number of benzene rings is 15. The number of ether oxygens (including phenoxy) is 1. The maximum Gasteiger partial charge on any atom is 0.151 e. The average molecular weight is 1750 g/mol. The zero-order valence-electron chi connectivity index (χ0n) is 81.7. The fraction of sp³-hybridized carbons (Fsp3) is 0.302. The monoisotopic (exact) mass is 1750 g/mol. The second kappa shape index (κ2) is 41.7. The van der Waals surface area contributed by atoms with Crippen molar-refractivity contribution in [3.8, 4) is 67.1 Å². The van der Waals surface area contributed by atoms with Gasteiger partial charge in [0.05, 0.1) is 16.8 Å². The van der Waals surface area contributed by atoms with Crippen LogP contribution in [0.2, 0.25) is 0 Å². The van der Waals surface area contributed by atoms with Crippen LogP contribution in [-0.4, -0.2) is 0 Å². The van der Waals surface area contributed by atoms with Gasteiger partial charge in [-0.15, -0.1) is 0 Å². The molecule has 0 fully saturated rings. The van der Waals surface area contributed by atoms with Crippen LogP contribution in [0.15, 0.2) is 328 Å². The predicted octanol–water partition coefficient (Wildman–Crippen LogP) is 37.9. The van der Waals surface area contributed by atoms with E-state index in [0.717, 1.165) is 77.7 Å². The first-order valence-electron chi connectivity index (χ1n) is 50.5. The predicted molar refractivity (Wildman–Crippen MR) is 571 cm³/mol. The summed E-state index contributed by atoms with van der Waals surface area (Å²) in [4.78, 5) is 7.42. The van der Waals surface area contributed by atoms with Gasteiger partial charge in [-0.05, 0) is 323 Å². The molecule has 3 aliphatic rings. The van der Waals surface area contributed by atoms with Crippen LogP contribution in [0.3, 0.4) is 0 Å². The molecule has 2 aliphatic carbocycles. The molecule has 0 radical (unpaired) electrons. The van der Waals surface area contributed by atoms with E-state index >= 15 is 0 Å². The summed E-state index contributed by atoms with van der Waals surface area (Å²) >= 11 is 0. The molecule has 15 aromatic carbocycles. The normalized spacial score (nSPS) is 13.0. The average Bonchev–Trinajstić information content (AvgIpc) is 1.56. The van der Waals surface area contributed by atoms with Crippen LogP contribution >= 0.6 is 0 Å². The molecule has 0 amide bonds. The Morgan fingerprint density at radius 2 is 0.556 bits per heavy atom. The minimum absolute atomic E-state index is 0.0739.